The van der Waals surface area contributed by atoms with Crippen LogP contribution >= 0.6 is 23.1 Å². The second-order valence-electron chi connectivity index (χ2n) is 3.32. The second-order valence-corrected chi connectivity index (χ2v) is 5.25. The fourth-order valence-corrected chi connectivity index (χ4v) is 2.40. The fourth-order valence-electron chi connectivity index (χ4n) is 1.26. The lowest BCUT2D eigenvalue weighted by molar-refractivity contribution is 0.353. The Morgan fingerprint density at radius 3 is 3.19 bits per heavy atom. The molecule has 1 unspecified atom stereocenters. The Balaban J connectivity index is 2.07. The molecule has 6 heteroatoms. The summed E-state index contributed by atoms with van der Waals surface area (Å²) in [4.78, 5) is 5.31. The molecule has 0 amide bonds. The summed E-state index contributed by atoms with van der Waals surface area (Å²) >= 11 is 3.35. The van der Waals surface area contributed by atoms with Gasteiger partial charge in [-0.05, 0) is 29.9 Å². The molecule has 2 N–H and O–H groups in total. The molecule has 0 bridgehead atoms. The molecule has 0 saturated heterocycles. The van der Waals surface area contributed by atoms with Crippen LogP contribution in [0.4, 0.5) is 0 Å². The highest BCUT2D eigenvalue weighted by Gasteiger charge is 2.15. The third kappa shape index (κ3) is 2.63. The zero-order valence-electron chi connectivity index (χ0n) is 8.92. The van der Waals surface area contributed by atoms with E-state index < -0.39 is 0 Å². The molecule has 1 atom stereocenters. The van der Waals surface area contributed by atoms with E-state index >= 15 is 0 Å². The molecule has 2 heterocycles. The second kappa shape index (κ2) is 5.47. The van der Waals surface area contributed by atoms with E-state index in [4.69, 9.17) is 10.3 Å². The summed E-state index contributed by atoms with van der Waals surface area (Å²) in [5.74, 6) is 2.15. The van der Waals surface area contributed by atoms with Crippen molar-refractivity contribution in [3.05, 3.63) is 23.4 Å². The van der Waals surface area contributed by atoms with E-state index in [9.17, 15) is 0 Å². The number of thioether (sulfide) groups is 1. The zero-order chi connectivity index (χ0) is 11.4. The normalized spacial score (nSPS) is 12.9. The van der Waals surface area contributed by atoms with Crippen molar-refractivity contribution in [2.75, 3.05) is 12.0 Å². The van der Waals surface area contributed by atoms with Crippen LogP contribution in [0.3, 0.4) is 0 Å². The fraction of sp³-hybridized carbons (Fsp3) is 0.400. The summed E-state index contributed by atoms with van der Waals surface area (Å²) in [6.07, 6.45) is 2.91. The van der Waals surface area contributed by atoms with Crippen LogP contribution in [-0.4, -0.2) is 22.1 Å². The minimum absolute atomic E-state index is 0.159. The van der Waals surface area contributed by atoms with Gasteiger partial charge in [0, 0.05) is 0 Å². The van der Waals surface area contributed by atoms with Gasteiger partial charge in [0.2, 0.25) is 11.7 Å². The highest BCUT2D eigenvalue weighted by molar-refractivity contribution is 7.98. The number of rotatable bonds is 5. The summed E-state index contributed by atoms with van der Waals surface area (Å²) in [7, 11) is 0. The SMILES string of the molecule is CSCCC(N)c1nc(-c2cccs2)no1. The van der Waals surface area contributed by atoms with Gasteiger partial charge in [-0.3, -0.25) is 0 Å². The number of hydrogen-bond donors (Lipinski definition) is 1. The Morgan fingerprint density at radius 2 is 2.50 bits per heavy atom. The molecular weight excluding hydrogens is 242 g/mol. The molecule has 0 saturated carbocycles. The van der Waals surface area contributed by atoms with E-state index in [-0.39, 0.29) is 6.04 Å². The lowest BCUT2D eigenvalue weighted by Crippen LogP contribution is -2.11. The van der Waals surface area contributed by atoms with Crippen LogP contribution in [0, 0.1) is 0 Å². The molecule has 0 aliphatic rings. The van der Waals surface area contributed by atoms with Crippen LogP contribution in [-0.2, 0) is 0 Å². The van der Waals surface area contributed by atoms with Crippen molar-refractivity contribution in [1.29, 1.82) is 0 Å². The molecular formula is C10H13N3OS2. The predicted molar refractivity (Wildman–Crippen MR) is 67.5 cm³/mol. The van der Waals surface area contributed by atoms with Gasteiger partial charge in [0.05, 0.1) is 10.9 Å². The first-order chi connectivity index (χ1) is 7.81. The van der Waals surface area contributed by atoms with Gasteiger partial charge in [0.1, 0.15) is 0 Å². The first-order valence-electron chi connectivity index (χ1n) is 4.93. The quantitative estimate of drug-likeness (QED) is 0.889. The molecule has 0 fully saturated rings. The van der Waals surface area contributed by atoms with Gasteiger partial charge < -0.3 is 10.3 Å². The standard InChI is InChI=1S/C10H13N3OS2/c1-15-6-4-7(11)10-12-9(13-14-10)8-3-2-5-16-8/h2-3,5,7H,4,6,11H2,1H3. The van der Waals surface area contributed by atoms with Crippen LogP contribution in [0.15, 0.2) is 22.0 Å². The molecule has 2 rings (SSSR count). The molecule has 0 radical (unpaired) electrons. The number of nitrogens with zero attached hydrogens (tertiary/aromatic N) is 2. The van der Waals surface area contributed by atoms with Crippen LogP contribution in [0.2, 0.25) is 0 Å². The van der Waals surface area contributed by atoms with Gasteiger partial charge in [-0.2, -0.15) is 16.7 Å². The largest absolute Gasteiger partial charge is 0.337 e. The van der Waals surface area contributed by atoms with Crippen LogP contribution < -0.4 is 5.73 Å². The van der Waals surface area contributed by atoms with Gasteiger partial charge in [0.25, 0.3) is 0 Å². The first kappa shape index (κ1) is 11.6. The molecule has 0 spiro atoms. The van der Waals surface area contributed by atoms with Crippen molar-refractivity contribution < 1.29 is 4.52 Å². The number of thiophene rings is 1. The summed E-state index contributed by atoms with van der Waals surface area (Å²) < 4.78 is 5.16. The van der Waals surface area contributed by atoms with Gasteiger partial charge in [-0.15, -0.1) is 11.3 Å². The van der Waals surface area contributed by atoms with Gasteiger partial charge in [-0.25, -0.2) is 0 Å². The van der Waals surface area contributed by atoms with Crippen molar-refractivity contribution in [3.8, 4) is 10.7 Å². The summed E-state index contributed by atoms with van der Waals surface area (Å²) in [6.45, 7) is 0. The van der Waals surface area contributed by atoms with E-state index in [0.29, 0.717) is 11.7 Å². The minimum Gasteiger partial charge on any atom is -0.337 e. The summed E-state index contributed by atoms with van der Waals surface area (Å²) in [5.41, 5.74) is 5.94. The maximum atomic E-state index is 5.94. The smallest absolute Gasteiger partial charge is 0.243 e. The van der Waals surface area contributed by atoms with E-state index in [0.717, 1.165) is 17.1 Å². The van der Waals surface area contributed by atoms with E-state index in [1.54, 1.807) is 23.1 Å². The van der Waals surface area contributed by atoms with Gasteiger partial charge in [-0.1, -0.05) is 11.2 Å². The van der Waals surface area contributed by atoms with Crippen molar-refractivity contribution in [2.45, 2.75) is 12.5 Å². The molecule has 2 aromatic heterocycles. The average Bonchev–Trinajstić information content (AvgIpc) is 2.94. The molecule has 16 heavy (non-hydrogen) atoms. The van der Waals surface area contributed by atoms with Gasteiger partial charge in [0.15, 0.2) is 0 Å². The molecule has 0 aliphatic carbocycles. The van der Waals surface area contributed by atoms with Crippen LogP contribution in [0.1, 0.15) is 18.4 Å². The first-order valence-corrected chi connectivity index (χ1v) is 7.20. The number of aromatic nitrogens is 2. The number of hydrogen-bond acceptors (Lipinski definition) is 6. The summed E-state index contributed by atoms with van der Waals surface area (Å²) in [6, 6.07) is 3.77. The Morgan fingerprint density at radius 1 is 1.62 bits per heavy atom. The average molecular weight is 255 g/mol. The van der Waals surface area contributed by atoms with E-state index in [1.807, 2.05) is 17.5 Å². The highest BCUT2D eigenvalue weighted by Crippen LogP contribution is 2.23. The van der Waals surface area contributed by atoms with E-state index in [1.165, 1.54) is 0 Å². The van der Waals surface area contributed by atoms with Crippen molar-refractivity contribution in [2.24, 2.45) is 5.73 Å². The molecule has 0 aliphatic heterocycles. The Bertz CT molecular complexity index is 427. The zero-order valence-corrected chi connectivity index (χ0v) is 10.6. The lowest BCUT2D eigenvalue weighted by atomic mass is 10.2. The van der Waals surface area contributed by atoms with Crippen LogP contribution in [0.25, 0.3) is 10.7 Å². The Labute approximate surface area is 102 Å². The van der Waals surface area contributed by atoms with Crippen molar-refractivity contribution >= 4 is 23.1 Å². The Hall–Kier alpha value is -0.850. The third-order valence-electron chi connectivity index (χ3n) is 2.13. The third-order valence-corrected chi connectivity index (χ3v) is 3.64. The molecule has 2 aromatic rings. The lowest BCUT2D eigenvalue weighted by Gasteiger charge is -2.03. The summed E-state index contributed by atoms with van der Waals surface area (Å²) in [5, 5.41) is 5.91. The van der Waals surface area contributed by atoms with Crippen molar-refractivity contribution in [1.82, 2.24) is 10.1 Å². The Kier molecular flexibility index (Phi) is 3.98. The maximum Gasteiger partial charge on any atom is 0.243 e. The maximum absolute atomic E-state index is 5.94. The monoisotopic (exact) mass is 255 g/mol. The topological polar surface area (TPSA) is 64.9 Å². The minimum atomic E-state index is -0.159. The molecule has 86 valence electrons. The van der Waals surface area contributed by atoms with Crippen molar-refractivity contribution in [3.63, 3.8) is 0 Å². The van der Waals surface area contributed by atoms with Gasteiger partial charge >= 0.3 is 0 Å². The predicted octanol–water partition coefficient (Wildman–Crippen LogP) is 2.55. The number of nitrogens with two attached hydrogens (primary N) is 1. The van der Waals surface area contributed by atoms with E-state index in [2.05, 4.69) is 16.4 Å². The highest BCUT2D eigenvalue weighted by atomic mass is 32.2. The van der Waals surface area contributed by atoms with Crippen LogP contribution in [0.5, 0.6) is 0 Å². The molecule has 0 aromatic carbocycles. The molecule has 4 nitrogen and oxygen atoms in total.